The van der Waals surface area contributed by atoms with Crippen LogP contribution < -0.4 is 5.32 Å². The first-order chi connectivity index (χ1) is 9.70. The molecule has 1 atom stereocenters. The second-order valence-corrected chi connectivity index (χ2v) is 6.74. The summed E-state index contributed by atoms with van der Waals surface area (Å²) in [6.07, 6.45) is 3.75. The third kappa shape index (κ3) is 2.42. The van der Waals surface area contributed by atoms with Gasteiger partial charge < -0.3 is 5.32 Å². The molecule has 1 aromatic carbocycles. The Morgan fingerprint density at radius 3 is 2.65 bits per heavy atom. The Bertz CT molecular complexity index is 749. The highest BCUT2D eigenvalue weighted by atomic mass is 35.5. The molecule has 0 saturated heterocycles. The molecule has 0 aliphatic rings. The highest BCUT2D eigenvalue weighted by Crippen LogP contribution is 2.38. The van der Waals surface area contributed by atoms with Crippen LogP contribution in [0.2, 0.25) is 8.67 Å². The van der Waals surface area contributed by atoms with Crippen molar-refractivity contribution in [2.75, 3.05) is 7.05 Å². The van der Waals surface area contributed by atoms with Crippen LogP contribution in [-0.4, -0.2) is 12.0 Å². The van der Waals surface area contributed by atoms with Gasteiger partial charge in [-0.1, -0.05) is 47.5 Å². The zero-order valence-corrected chi connectivity index (χ0v) is 13.1. The molecule has 0 spiro atoms. The van der Waals surface area contributed by atoms with Gasteiger partial charge in [-0.05, 0) is 24.1 Å². The minimum Gasteiger partial charge on any atom is -0.309 e. The van der Waals surface area contributed by atoms with E-state index in [9.17, 15) is 0 Å². The lowest BCUT2D eigenvalue weighted by Gasteiger charge is -2.18. The number of benzene rings is 1. The quantitative estimate of drug-likeness (QED) is 0.740. The maximum atomic E-state index is 6.29. The van der Waals surface area contributed by atoms with E-state index < -0.39 is 0 Å². The van der Waals surface area contributed by atoms with Gasteiger partial charge in [0.15, 0.2) is 0 Å². The minimum atomic E-state index is -0.0233. The van der Waals surface area contributed by atoms with E-state index in [-0.39, 0.29) is 6.04 Å². The molecule has 1 unspecified atom stereocenters. The lowest BCUT2D eigenvalue weighted by Crippen LogP contribution is -2.18. The standard InChI is InChI=1S/C15H12Cl2N2S/c1-18-14(11-6-13(16)20-15(11)17)12-8-19-7-9-4-2-3-5-10(9)12/h2-8,14,18H,1H3. The number of pyridine rings is 1. The SMILES string of the molecule is CNC(c1cc(Cl)sc1Cl)c1cncc2ccccc12. The van der Waals surface area contributed by atoms with Crippen molar-refractivity contribution >= 4 is 45.3 Å². The topological polar surface area (TPSA) is 24.9 Å². The van der Waals surface area contributed by atoms with E-state index in [1.807, 2.05) is 37.6 Å². The van der Waals surface area contributed by atoms with Crippen molar-refractivity contribution in [1.82, 2.24) is 10.3 Å². The Kier molecular flexibility index (Phi) is 3.94. The molecule has 3 aromatic rings. The van der Waals surface area contributed by atoms with Crippen LogP contribution >= 0.6 is 34.5 Å². The highest BCUT2D eigenvalue weighted by molar-refractivity contribution is 7.20. The number of hydrogen-bond donors (Lipinski definition) is 1. The summed E-state index contributed by atoms with van der Waals surface area (Å²) in [7, 11) is 1.91. The van der Waals surface area contributed by atoms with Crippen LogP contribution in [0, 0.1) is 0 Å². The molecule has 0 amide bonds. The van der Waals surface area contributed by atoms with Gasteiger partial charge >= 0.3 is 0 Å². The molecule has 0 aliphatic heterocycles. The monoisotopic (exact) mass is 322 g/mol. The van der Waals surface area contributed by atoms with Crippen LogP contribution in [0.1, 0.15) is 17.2 Å². The second kappa shape index (κ2) is 5.70. The number of aromatic nitrogens is 1. The van der Waals surface area contributed by atoms with Gasteiger partial charge in [-0.25, -0.2) is 0 Å². The van der Waals surface area contributed by atoms with E-state index in [1.165, 1.54) is 16.7 Å². The smallest absolute Gasteiger partial charge is 0.0995 e. The summed E-state index contributed by atoms with van der Waals surface area (Å²) in [5.74, 6) is 0. The molecule has 2 heterocycles. The summed E-state index contributed by atoms with van der Waals surface area (Å²) in [6.45, 7) is 0. The zero-order chi connectivity index (χ0) is 14.1. The van der Waals surface area contributed by atoms with E-state index in [0.29, 0.717) is 8.67 Å². The van der Waals surface area contributed by atoms with Crippen LogP contribution in [0.25, 0.3) is 10.8 Å². The van der Waals surface area contributed by atoms with Gasteiger partial charge in [-0.3, -0.25) is 4.98 Å². The third-order valence-electron chi connectivity index (χ3n) is 3.29. The fourth-order valence-electron chi connectivity index (χ4n) is 2.40. The molecule has 0 saturated carbocycles. The van der Waals surface area contributed by atoms with Gasteiger partial charge in [0.25, 0.3) is 0 Å². The molecule has 0 aliphatic carbocycles. The second-order valence-electron chi connectivity index (χ2n) is 4.45. The van der Waals surface area contributed by atoms with E-state index in [0.717, 1.165) is 16.5 Å². The maximum Gasteiger partial charge on any atom is 0.0995 e. The summed E-state index contributed by atoms with van der Waals surface area (Å²) in [5.41, 5.74) is 2.09. The first kappa shape index (κ1) is 13.8. The summed E-state index contributed by atoms with van der Waals surface area (Å²) in [5, 5.41) is 5.59. The molecule has 20 heavy (non-hydrogen) atoms. The van der Waals surface area contributed by atoms with Crippen molar-refractivity contribution < 1.29 is 0 Å². The molecule has 5 heteroatoms. The molecule has 3 rings (SSSR count). The Hall–Kier alpha value is -1.13. The molecule has 2 nitrogen and oxygen atoms in total. The summed E-state index contributed by atoms with van der Waals surface area (Å²) in [6, 6.07) is 10.1. The molecular formula is C15H12Cl2N2S. The van der Waals surface area contributed by atoms with Crippen LogP contribution in [0.5, 0.6) is 0 Å². The van der Waals surface area contributed by atoms with Crippen molar-refractivity contribution in [3.8, 4) is 0 Å². The highest BCUT2D eigenvalue weighted by Gasteiger charge is 2.20. The largest absolute Gasteiger partial charge is 0.309 e. The molecular weight excluding hydrogens is 311 g/mol. The molecule has 2 aromatic heterocycles. The third-order valence-corrected chi connectivity index (χ3v) is 4.81. The summed E-state index contributed by atoms with van der Waals surface area (Å²) >= 11 is 13.7. The number of halogens is 2. The van der Waals surface area contributed by atoms with E-state index in [1.54, 1.807) is 0 Å². The van der Waals surface area contributed by atoms with Crippen LogP contribution in [0.4, 0.5) is 0 Å². The van der Waals surface area contributed by atoms with Gasteiger partial charge in [0.2, 0.25) is 0 Å². The van der Waals surface area contributed by atoms with Crippen LogP contribution in [-0.2, 0) is 0 Å². The number of thiophene rings is 1. The average molecular weight is 323 g/mol. The lowest BCUT2D eigenvalue weighted by atomic mass is 9.98. The van der Waals surface area contributed by atoms with Crippen LogP contribution in [0.3, 0.4) is 0 Å². The molecule has 0 fully saturated rings. The van der Waals surface area contributed by atoms with Crippen molar-refractivity contribution in [2.45, 2.75) is 6.04 Å². The summed E-state index contributed by atoms with van der Waals surface area (Å²) < 4.78 is 1.40. The Labute approximate surface area is 131 Å². The molecule has 0 radical (unpaired) electrons. The van der Waals surface area contributed by atoms with Crippen molar-refractivity contribution in [3.05, 3.63) is 62.5 Å². The number of fused-ring (bicyclic) bond motifs is 1. The van der Waals surface area contributed by atoms with E-state index in [4.69, 9.17) is 23.2 Å². The fraction of sp³-hybridized carbons (Fsp3) is 0.133. The normalized spacial score (nSPS) is 12.8. The molecule has 0 bridgehead atoms. The Balaban J connectivity index is 2.19. The maximum absolute atomic E-state index is 6.29. The summed E-state index contributed by atoms with van der Waals surface area (Å²) in [4.78, 5) is 4.33. The van der Waals surface area contributed by atoms with Crippen molar-refractivity contribution in [3.63, 3.8) is 0 Å². The van der Waals surface area contributed by atoms with Gasteiger partial charge in [0.05, 0.1) is 14.7 Å². The number of nitrogens with one attached hydrogen (secondary N) is 1. The van der Waals surface area contributed by atoms with Gasteiger partial charge in [0.1, 0.15) is 0 Å². The molecule has 1 N–H and O–H groups in total. The first-order valence-electron chi connectivity index (χ1n) is 6.15. The van der Waals surface area contributed by atoms with E-state index in [2.05, 4.69) is 22.4 Å². The lowest BCUT2D eigenvalue weighted by molar-refractivity contribution is 0.697. The Morgan fingerprint density at radius 1 is 1.15 bits per heavy atom. The van der Waals surface area contributed by atoms with Crippen molar-refractivity contribution in [2.24, 2.45) is 0 Å². The van der Waals surface area contributed by atoms with Gasteiger partial charge in [-0.15, -0.1) is 11.3 Å². The van der Waals surface area contributed by atoms with E-state index >= 15 is 0 Å². The zero-order valence-electron chi connectivity index (χ0n) is 10.7. The van der Waals surface area contributed by atoms with Gasteiger partial charge in [0, 0.05) is 23.3 Å². The van der Waals surface area contributed by atoms with Gasteiger partial charge in [-0.2, -0.15) is 0 Å². The Morgan fingerprint density at radius 2 is 1.95 bits per heavy atom. The predicted molar refractivity (Wildman–Crippen MR) is 87.0 cm³/mol. The predicted octanol–water partition coefficient (Wildman–Crippen LogP) is 4.91. The van der Waals surface area contributed by atoms with Crippen molar-refractivity contribution in [1.29, 1.82) is 0 Å². The van der Waals surface area contributed by atoms with Crippen LogP contribution in [0.15, 0.2) is 42.7 Å². The average Bonchev–Trinajstić information content (AvgIpc) is 2.79. The number of nitrogens with zero attached hydrogens (tertiary/aromatic N) is 1. The number of rotatable bonds is 3. The minimum absolute atomic E-state index is 0.0233. The fourth-order valence-corrected chi connectivity index (χ4v) is 3.93. The molecule has 102 valence electrons. The first-order valence-corrected chi connectivity index (χ1v) is 7.72. The number of hydrogen-bond acceptors (Lipinski definition) is 3.